The third-order valence-corrected chi connectivity index (χ3v) is 3.92. The first-order valence-corrected chi connectivity index (χ1v) is 6.63. The van der Waals surface area contributed by atoms with Gasteiger partial charge in [0, 0.05) is 26.6 Å². The van der Waals surface area contributed by atoms with E-state index in [2.05, 4.69) is 20.9 Å². The largest absolute Gasteiger partial charge is 0.341 e. The highest BCUT2D eigenvalue weighted by atomic mass is 16.2. The van der Waals surface area contributed by atoms with E-state index in [4.69, 9.17) is 0 Å². The van der Waals surface area contributed by atoms with Crippen LogP contribution in [0.4, 0.5) is 4.79 Å². The predicted octanol–water partition coefficient (Wildman–Crippen LogP) is -0.627. The molecule has 0 aromatic carbocycles. The fourth-order valence-corrected chi connectivity index (χ4v) is 2.82. The van der Waals surface area contributed by atoms with Gasteiger partial charge in [0.05, 0.1) is 0 Å². The smallest absolute Gasteiger partial charge is 0.321 e. The van der Waals surface area contributed by atoms with E-state index >= 15 is 0 Å². The molecule has 0 bridgehead atoms. The van der Waals surface area contributed by atoms with Crippen LogP contribution in [0.3, 0.4) is 0 Å². The number of likely N-dealkylation sites (tertiary alicyclic amines) is 1. The second kappa shape index (κ2) is 6.15. The topological polar surface area (TPSA) is 73.5 Å². The molecule has 0 saturated carbocycles. The Morgan fingerprint density at radius 1 is 1.33 bits per heavy atom. The van der Waals surface area contributed by atoms with Crippen LogP contribution in [0.2, 0.25) is 0 Å². The molecular formula is C12H22N4O2. The molecule has 3 amide bonds. The molecule has 2 atom stereocenters. The molecule has 18 heavy (non-hydrogen) atoms. The molecule has 2 aliphatic heterocycles. The monoisotopic (exact) mass is 254 g/mol. The molecule has 2 fully saturated rings. The van der Waals surface area contributed by atoms with Gasteiger partial charge >= 0.3 is 6.03 Å². The molecular weight excluding hydrogens is 232 g/mol. The first kappa shape index (κ1) is 13.3. The Hall–Kier alpha value is -1.14. The molecule has 6 nitrogen and oxygen atoms in total. The van der Waals surface area contributed by atoms with Crippen LogP contribution in [0.15, 0.2) is 0 Å². The van der Waals surface area contributed by atoms with E-state index in [1.54, 1.807) is 0 Å². The number of urea groups is 1. The summed E-state index contributed by atoms with van der Waals surface area (Å²) in [6, 6.07) is -0.432. The lowest BCUT2D eigenvalue weighted by Crippen LogP contribution is -2.43. The van der Waals surface area contributed by atoms with Crippen molar-refractivity contribution in [3.63, 3.8) is 0 Å². The number of amides is 3. The predicted molar refractivity (Wildman–Crippen MR) is 68.1 cm³/mol. The number of nitrogens with one attached hydrogen (secondary N) is 3. The van der Waals surface area contributed by atoms with E-state index in [0.29, 0.717) is 6.42 Å². The third-order valence-electron chi connectivity index (χ3n) is 3.92. The van der Waals surface area contributed by atoms with Gasteiger partial charge in [0.2, 0.25) is 5.91 Å². The number of carbonyl (C=O) groups excluding carboxylic acids is 2. The van der Waals surface area contributed by atoms with E-state index in [1.165, 1.54) is 13.5 Å². The summed E-state index contributed by atoms with van der Waals surface area (Å²) in [6.07, 6.45) is 1.60. The first-order chi connectivity index (χ1) is 8.69. The average Bonchev–Trinajstić information content (AvgIpc) is 2.83. The van der Waals surface area contributed by atoms with Gasteiger partial charge in [-0.2, -0.15) is 0 Å². The number of nitrogens with zero attached hydrogens (tertiary/aromatic N) is 1. The van der Waals surface area contributed by atoms with E-state index in [9.17, 15) is 9.59 Å². The minimum absolute atomic E-state index is 0.207. The van der Waals surface area contributed by atoms with Crippen LogP contribution in [-0.4, -0.2) is 56.6 Å². The fraction of sp³-hybridized carbons (Fsp3) is 0.833. The summed E-state index contributed by atoms with van der Waals surface area (Å²) < 4.78 is 0. The lowest BCUT2D eigenvalue weighted by atomic mass is 9.89. The molecule has 0 aliphatic carbocycles. The quantitative estimate of drug-likeness (QED) is 0.627. The number of imide groups is 1. The molecule has 3 N–H and O–H groups in total. The van der Waals surface area contributed by atoms with E-state index in [-0.39, 0.29) is 5.91 Å². The standard InChI is InChI=1S/C12H22N4O2/c1-13-12(18)15-11(17)3-5-16-4-2-9-6-14-7-10(9)8-16/h9-10,14H,2-8H2,1H3,(H2,13,15,17,18). The number of rotatable bonds is 3. The molecule has 2 rings (SSSR count). The maximum atomic E-state index is 11.5. The number of hydrogen-bond acceptors (Lipinski definition) is 4. The van der Waals surface area contributed by atoms with Crippen molar-refractivity contribution in [2.75, 3.05) is 39.8 Å². The highest BCUT2D eigenvalue weighted by Crippen LogP contribution is 2.26. The molecule has 0 aromatic heterocycles. The summed E-state index contributed by atoms with van der Waals surface area (Å²) in [5, 5.41) is 8.08. The summed E-state index contributed by atoms with van der Waals surface area (Å²) >= 11 is 0. The number of hydrogen-bond donors (Lipinski definition) is 3. The molecule has 2 heterocycles. The summed E-state index contributed by atoms with van der Waals surface area (Å²) in [5.41, 5.74) is 0. The minimum Gasteiger partial charge on any atom is -0.341 e. The Kier molecular flexibility index (Phi) is 4.54. The van der Waals surface area contributed by atoms with Crippen molar-refractivity contribution in [3.8, 4) is 0 Å². The van der Waals surface area contributed by atoms with Crippen molar-refractivity contribution in [2.24, 2.45) is 11.8 Å². The van der Waals surface area contributed by atoms with E-state index < -0.39 is 6.03 Å². The number of fused-ring (bicyclic) bond motifs is 1. The van der Waals surface area contributed by atoms with Crippen molar-refractivity contribution in [2.45, 2.75) is 12.8 Å². The van der Waals surface area contributed by atoms with Gasteiger partial charge in [-0.1, -0.05) is 0 Å². The van der Waals surface area contributed by atoms with Crippen LogP contribution in [0.5, 0.6) is 0 Å². The van der Waals surface area contributed by atoms with Crippen molar-refractivity contribution in [1.82, 2.24) is 20.9 Å². The molecule has 2 aliphatic rings. The number of carbonyl (C=O) groups is 2. The highest BCUT2D eigenvalue weighted by Gasteiger charge is 2.32. The Labute approximate surface area is 107 Å². The molecule has 2 unspecified atom stereocenters. The maximum absolute atomic E-state index is 11.5. The van der Waals surface area contributed by atoms with Crippen LogP contribution in [0, 0.1) is 11.8 Å². The third kappa shape index (κ3) is 3.43. The van der Waals surface area contributed by atoms with Crippen molar-refractivity contribution in [1.29, 1.82) is 0 Å². The normalized spacial score (nSPS) is 27.6. The van der Waals surface area contributed by atoms with Crippen molar-refractivity contribution >= 4 is 11.9 Å². The van der Waals surface area contributed by atoms with Crippen LogP contribution in [0.25, 0.3) is 0 Å². The zero-order valence-corrected chi connectivity index (χ0v) is 10.9. The summed E-state index contributed by atoms with van der Waals surface area (Å²) in [7, 11) is 1.50. The SMILES string of the molecule is CNC(=O)NC(=O)CCN1CCC2CNCC2C1. The van der Waals surface area contributed by atoms with Crippen LogP contribution < -0.4 is 16.0 Å². The van der Waals surface area contributed by atoms with Crippen molar-refractivity contribution < 1.29 is 9.59 Å². The minimum atomic E-state index is -0.432. The molecule has 0 spiro atoms. The van der Waals surface area contributed by atoms with Gasteiger partial charge in [-0.25, -0.2) is 4.79 Å². The van der Waals surface area contributed by atoms with Crippen LogP contribution >= 0.6 is 0 Å². The number of piperidine rings is 1. The lowest BCUT2D eigenvalue weighted by Gasteiger charge is -2.34. The molecule has 6 heteroatoms. The highest BCUT2D eigenvalue weighted by molar-refractivity contribution is 5.94. The Balaban J connectivity index is 1.67. The maximum Gasteiger partial charge on any atom is 0.321 e. The second-order valence-corrected chi connectivity index (χ2v) is 5.14. The Morgan fingerprint density at radius 2 is 2.11 bits per heavy atom. The van der Waals surface area contributed by atoms with Gasteiger partial charge in [-0.15, -0.1) is 0 Å². The molecule has 0 aromatic rings. The van der Waals surface area contributed by atoms with Gasteiger partial charge in [0.15, 0.2) is 0 Å². The molecule has 0 radical (unpaired) electrons. The lowest BCUT2D eigenvalue weighted by molar-refractivity contribution is -0.120. The zero-order valence-electron chi connectivity index (χ0n) is 10.9. The zero-order chi connectivity index (χ0) is 13.0. The van der Waals surface area contributed by atoms with Crippen LogP contribution in [-0.2, 0) is 4.79 Å². The average molecular weight is 254 g/mol. The van der Waals surface area contributed by atoms with E-state index in [1.807, 2.05) is 0 Å². The second-order valence-electron chi connectivity index (χ2n) is 5.14. The summed E-state index contributed by atoms with van der Waals surface area (Å²) in [5.74, 6) is 1.35. The van der Waals surface area contributed by atoms with E-state index in [0.717, 1.165) is 44.6 Å². The van der Waals surface area contributed by atoms with Gasteiger partial charge in [-0.05, 0) is 37.9 Å². The van der Waals surface area contributed by atoms with Gasteiger partial charge in [0.25, 0.3) is 0 Å². The summed E-state index contributed by atoms with van der Waals surface area (Å²) in [4.78, 5) is 24.8. The fourth-order valence-electron chi connectivity index (χ4n) is 2.82. The molecule has 2 saturated heterocycles. The Bertz CT molecular complexity index is 321. The van der Waals surface area contributed by atoms with Gasteiger partial charge in [-0.3, -0.25) is 10.1 Å². The first-order valence-electron chi connectivity index (χ1n) is 6.63. The van der Waals surface area contributed by atoms with Gasteiger partial charge < -0.3 is 15.5 Å². The van der Waals surface area contributed by atoms with Crippen molar-refractivity contribution in [3.05, 3.63) is 0 Å². The summed E-state index contributed by atoms with van der Waals surface area (Å²) in [6.45, 7) is 5.13. The Morgan fingerprint density at radius 3 is 2.89 bits per heavy atom. The van der Waals surface area contributed by atoms with Gasteiger partial charge in [0.1, 0.15) is 0 Å². The van der Waals surface area contributed by atoms with Crippen LogP contribution in [0.1, 0.15) is 12.8 Å². The molecule has 102 valence electrons.